The molecule has 1 fully saturated rings. The molecule has 0 bridgehead atoms. The third kappa shape index (κ3) is 6.49. The van der Waals surface area contributed by atoms with Crippen molar-refractivity contribution >= 4 is 40.6 Å². The zero-order valence-electron chi connectivity index (χ0n) is 16.5. The van der Waals surface area contributed by atoms with Crippen molar-refractivity contribution in [2.24, 2.45) is 5.92 Å². The molecule has 2 aromatic rings. The van der Waals surface area contributed by atoms with Gasteiger partial charge in [0.1, 0.15) is 5.82 Å². The van der Waals surface area contributed by atoms with Crippen LogP contribution >= 0.6 is 11.8 Å². The first-order valence-electron chi connectivity index (χ1n) is 9.78. The highest BCUT2D eigenvalue weighted by Crippen LogP contribution is 2.24. The van der Waals surface area contributed by atoms with Gasteiger partial charge < -0.3 is 15.5 Å². The maximum Gasteiger partial charge on any atom is 0.234 e. The highest BCUT2D eigenvalue weighted by atomic mass is 32.2. The summed E-state index contributed by atoms with van der Waals surface area (Å²) < 4.78 is 13.5. The van der Waals surface area contributed by atoms with Crippen molar-refractivity contribution in [2.45, 2.75) is 19.8 Å². The Hall–Kier alpha value is -2.54. The predicted molar refractivity (Wildman–Crippen MR) is 118 cm³/mol. The minimum Gasteiger partial charge on any atom is -0.372 e. The fraction of sp³-hybridized carbons (Fsp3) is 0.364. The molecule has 0 radical (unpaired) electrons. The Morgan fingerprint density at radius 3 is 2.28 bits per heavy atom. The average molecular weight is 416 g/mol. The Morgan fingerprint density at radius 2 is 1.62 bits per heavy atom. The zero-order valence-corrected chi connectivity index (χ0v) is 17.3. The maximum atomic E-state index is 13.5. The van der Waals surface area contributed by atoms with E-state index in [1.165, 1.54) is 42.4 Å². The van der Waals surface area contributed by atoms with Crippen molar-refractivity contribution in [3.05, 3.63) is 54.3 Å². The number of hydrogen-bond acceptors (Lipinski definition) is 4. The lowest BCUT2D eigenvalue weighted by molar-refractivity contribution is -0.114. The normalized spacial score (nSPS) is 14.5. The van der Waals surface area contributed by atoms with Crippen molar-refractivity contribution in [2.75, 3.05) is 40.1 Å². The largest absolute Gasteiger partial charge is 0.372 e. The number of hydrogen-bond donors (Lipinski definition) is 2. The van der Waals surface area contributed by atoms with Crippen LogP contribution in [0.4, 0.5) is 21.5 Å². The minimum absolute atomic E-state index is 0.0775. The van der Waals surface area contributed by atoms with Crippen molar-refractivity contribution in [1.29, 1.82) is 0 Å². The van der Waals surface area contributed by atoms with Gasteiger partial charge >= 0.3 is 0 Å². The lowest BCUT2D eigenvalue weighted by Gasteiger charge is -2.32. The van der Waals surface area contributed by atoms with Gasteiger partial charge in [-0.25, -0.2) is 4.39 Å². The van der Waals surface area contributed by atoms with Gasteiger partial charge in [-0.3, -0.25) is 9.59 Å². The molecule has 1 heterocycles. The Labute approximate surface area is 175 Å². The molecule has 0 aromatic heterocycles. The van der Waals surface area contributed by atoms with E-state index in [9.17, 15) is 14.0 Å². The van der Waals surface area contributed by atoms with Crippen LogP contribution in [0.2, 0.25) is 0 Å². The number of halogens is 1. The number of para-hydroxylation sites is 1. The number of carbonyl (C=O) groups excluding carboxylic acids is 2. The number of amides is 2. The number of nitrogens with one attached hydrogen (secondary N) is 2. The number of anilines is 3. The van der Waals surface area contributed by atoms with Gasteiger partial charge in [0.2, 0.25) is 11.8 Å². The first-order chi connectivity index (χ1) is 14.0. The molecule has 2 N–H and O–H groups in total. The Morgan fingerprint density at radius 1 is 1.00 bits per heavy atom. The average Bonchev–Trinajstić information content (AvgIpc) is 2.71. The molecule has 2 amide bonds. The molecule has 0 atom stereocenters. The van der Waals surface area contributed by atoms with Gasteiger partial charge in [-0.1, -0.05) is 19.1 Å². The van der Waals surface area contributed by atoms with E-state index in [2.05, 4.69) is 22.5 Å². The number of benzene rings is 2. The first kappa shape index (κ1) is 21.2. The van der Waals surface area contributed by atoms with E-state index in [1.807, 2.05) is 24.3 Å². The van der Waals surface area contributed by atoms with Gasteiger partial charge in [-0.2, -0.15) is 0 Å². The van der Waals surface area contributed by atoms with Crippen LogP contribution in [0.15, 0.2) is 48.5 Å². The quantitative estimate of drug-likeness (QED) is 0.705. The van der Waals surface area contributed by atoms with Crippen LogP contribution in [0, 0.1) is 11.7 Å². The summed E-state index contributed by atoms with van der Waals surface area (Å²) in [5, 5.41) is 5.34. The molecule has 0 saturated carbocycles. The van der Waals surface area contributed by atoms with E-state index in [-0.39, 0.29) is 29.0 Å². The van der Waals surface area contributed by atoms with Gasteiger partial charge in [-0.05, 0) is 55.2 Å². The maximum absolute atomic E-state index is 13.5. The van der Waals surface area contributed by atoms with Crippen LogP contribution in [-0.2, 0) is 9.59 Å². The number of nitrogens with zero attached hydrogens (tertiary/aromatic N) is 1. The predicted octanol–water partition coefficient (Wildman–Crippen LogP) is 4.37. The van der Waals surface area contributed by atoms with E-state index in [0.29, 0.717) is 0 Å². The second kappa shape index (κ2) is 10.3. The van der Waals surface area contributed by atoms with E-state index in [4.69, 9.17) is 0 Å². The number of piperidine rings is 1. The summed E-state index contributed by atoms with van der Waals surface area (Å²) in [4.78, 5) is 26.3. The molecule has 1 saturated heterocycles. The molecular weight excluding hydrogens is 389 g/mol. The molecule has 3 rings (SSSR count). The SMILES string of the molecule is CC1CCN(c2ccc(NC(=O)CSCC(=O)Nc3ccccc3F)cc2)CC1. The molecule has 0 unspecified atom stereocenters. The van der Waals surface area contributed by atoms with E-state index in [1.54, 1.807) is 12.1 Å². The Balaban J connectivity index is 1.39. The molecule has 0 spiro atoms. The fourth-order valence-electron chi connectivity index (χ4n) is 3.20. The van der Waals surface area contributed by atoms with Gasteiger partial charge in [0, 0.05) is 24.5 Å². The molecule has 1 aliphatic rings. The standard InChI is InChI=1S/C22H26FN3O2S/c1-16-10-12-26(13-11-16)18-8-6-17(7-9-18)24-21(27)14-29-15-22(28)25-20-5-3-2-4-19(20)23/h2-9,16H,10-15H2,1H3,(H,24,27)(H,25,28). The van der Waals surface area contributed by atoms with Crippen LogP contribution in [0.3, 0.4) is 0 Å². The van der Waals surface area contributed by atoms with Gasteiger partial charge in [0.05, 0.1) is 17.2 Å². The van der Waals surface area contributed by atoms with Crippen molar-refractivity contribution in [3.63, 3.8) is 0 Å². The van der Waals surface area contributed by atoms with Crippen LogP contribution in [0.25, 0.3) is 0 Å². The lowest BCUT2D eigenvalue weighted by atomic mass is 9.99. The molecule has 0 aliphatic carbocycles. The summed E-state index contributed by atoms with van der Waals surface area (Å²) in [7, 11) is 0. The van der Waals surface area contributed by atoms with Crippen molar-refractivity contribution < 1.29 is 14.0 Å². The Kier molecular flexibility index (Phi) is 7.52. The lowest BCUT2D eigenvalue weighted by Crippen LogP contribution is -2.32. The topological polar surface area (TPSA) is 61.4 Å². The molecule has 1 aliphatic heterocycles. The zero-order chi connectivity index (χ0) is 20.6. The van der Waals surface area contributed by atoms with Crippen molar-refractivity contribution in [1.82, 2.24) is 0 Å². The highest BCUT2D eigenvalue weighted by Gasteiger charge is 2.16. The second-order valence-corrected chi connectivity index (χ2v) is 8.27. The molecule has 7 heteroatoms. The fourth-order valence-corrected chi connectivity index (χ4v) is 3.82. The summed E-state index contributed by atoms with van der Waals surface area (Å²) in [5.41, 5.74) is 2.06. The molecule has 154 valence electrons. The van der Waals surface area contributed by atoms with Gasteiger partial charge in [0.25, 0.3) is 0 Å². The van der Waals surface area contributed by atoms with E-state index < -0.39 is 5.82 Å². The smallest absolute Gasteiger partial charge is 0.234 e. The number of rotatable bonds is 7. The monoisotopic (exact) mass is 415 g/mol. The molecule has 5 nitrogen and oxygen atoms in total. The summed E-state index contributed by atoms with van der Waals surface area (Å²) >= 11 is 1.19. The van der Waals surface area contributed by atoms with E-state index >= 15 is 0 Å². The van der Waals surface area contributed by atoms with Crippen LogP contribution in [-0.4, -0.2) is 36.4 Å². The Bertz CT molecular complexity index is 836. The number of thioether (sulfide) groups is 1. The third-order valence-electron chi connectivity index (χ3n) is 4.91. The second-order valence-electron chi connectivity index (χ2n) is 7.29. The van der Waals surface area contributed by atoms with Crippen LogP contribution < -0.4 is 15.5 Å². The van der Waals surface area contributed by atoms with Crippen molar-refractivity contribution in [3.8, 4) is 0 Å². The molecule has 29 heavy (non-hydrogen) atoms. The first-order valence-corrected chi connectivity index (χ1v) is 10.9. The van der Waals surface area contributed by atoms with Gasteiger partial charge in [0.15, 0.2) is 0 Å². The van der Waals surface area contributed by atoms with Gasteiger partial charge in [-0.15, -0.1) is 11.8 Å². The summed E-state index contributed by atoms with van der Waals surface area (Å²) in [5.74, 6) is 0.0217. The minimum atomic E-state index is -0.480. The third-order valence-corrected chi connectivity index (χ3v) is 5.85. The molecular formula is C22H26FN3O2S. The summed E-state index contributed by atoms with van der Waals surface area (Å²) in [6.45, 7) is 4.43. The summed E-state index contributed by atoms with van der Waals surface area (Å²) in [6.07, 6.45) is 2.42. The van der Waals surface area contributed by atoms with Crippen LogP contribution in [0.1, 0.15) is 19.8 Å². The number of carbonyl (C=O) groups is 2. The summed E-state index contributed by atoms with van der Waals surface area (Å²) in [6, 6.07) is 13.9. The molecule has 2 aromatic carbocycles. The van der Waals surface area contributed by atoms with E-state index in [0.717, 1.165) is 24.7 Å². The highest BCUT2D eigenvalue weighted by molar-refractivity contribution is 8.00. The van der Waals surface area contributed by atoms with Crippen LogP contribution in [0.5, 0.6) is 0 Å².